The maximum atomic E-state index is 12.7. The predicted octanol–water partition coefficient (Wildman–Crippen LogP) is 3.22. The molecule has 0 amide bonds. The van der Waals surface area contributed by atoms with Crippen LogP contribution in [-0.4, -0.2) is 22.4 Å². The van der Waals surface area contributed by atoms with E-state index >= 15 is 0 Å². The van der Waals surface area contributed by atoms with Crippen molar-refractivity contribution < 1.29 is 36.4 Å². The molecule has 0 aliphatic rings. The summed E-state index contributed by atoms with van der Waals surface area (Å²) in [6.45, 7) is 1.14. The van der Waals surface area contributed by atoms with Gasteiger partial charge in [0.25, 0.3) is 11.3 Å². The number of halogens is 6. The molecule has 1 rings (SSSR count). The molecule has 20 heavy (non-hydrogen) atoms. The van der Waals surface area contributed by atoms with Crippen LogP contribution in [0.5, 0.6) is 0 Å². The van der Waals surface area contributed by atoms with Crippen LogP contribution in [0, 0.1) is 17.0 Å². The second-order valence-electron chi connectivity index (χ2n) is 3.98. The van der Waals surface area contributed by atoms with E-state index in [0.29, 0.717) is 12.1 Å². The van der Waals surface area contributed by atoms with Crippen LogP contribution < -0.4 is 0 Å². The molecule has 4 nitrogen and oxygen atoms in total. The Balaban J connectivity index is 3.76. The fourth-order valence-electron chi connectivity index (χ4n) is 1.56. The van der Waals surface area contributed by atoms with E-state index in [-0.39, 0.29) is 5.56 Å². The van der Waals surface area contributed by atoms with E-state index in [1.165, 1.54) is 0 Å². The van der Waals surface area contributed by atoms with Gasteiger partial charge in [0.1, 0.15) is 0 Å². The summed E-state index contributed by atoms with van der Waals surface area (Å²) in [5.74, 6) is 0. The van der Waals surface area contributed by atoms with Gasteiger partial charge in [-0.2, -0.15) is 26.3 Å². The van der Waals surface area contributed by atoms with Gasteiger partial charge < -0.3 is 5.11 Å². The zero-order valence-corrected chi connectivity index (χ0v) is 9.71. The van der Waals surface area contributed by atoms with Crippen molar-refractivity contribution in [3.63, 3.8) is 0 Å². The number of hydrogen-bond donors (Lipinski definition) is 1. The monoisotopic (exact) mass is 303 g/mol. The van der Waals surface area contributed by atoms with Crippen LogP contribution in [-0.2, 0) is 5.60 Å². The Morgan fingerprint density at radius 3 is 1.90 bits per heavy atom. The molecule has 112 valence electrons. The van der Waals surface area contributed by atoms with Crippen molar-refractivity contribution in [2.24, 2.45) is 0 Å². The average molecular weight is 303 g/mol. The highest BCUT2D eigenvalue weighted by Crippen LogP contribution is 2.52. The summed E-state index contributed by atoms with van der Waals surface area (Å²) < 4.78 is 76.0. The SMILES string of the molecule is Cc1ccc([N+](=O)[O-])c(C(O)(C(F)(F)F)C(F)(F)F)c1. The molecule has 0 radical (unpaired) electrons. The summed E-state index contributed by atoms with van der Waals surface area (Å²) in [6.07, 6.45) is -12.3. The average Bonchev–Trinajstić information content (AvgIpc) is 2.24. The van der Waals surface area contributed by atoms with Crippen molar-refractivity contribution in [2.45, 2.75) is 24.9 Å². The Kier molecular flexibility index (Phi) is 3.74. The minimum atomic E-state index is -6.16. The predicted molar refractivity (Wildman–Crippen MR) is 53.8 cm³/mol. The molecule has 0 aliphatic heterocycles. The lowest BCUT2D eigenvalue weighted by molar-refractivity contribution is -0.401. The standard InChI is InChI=1S/C10H7F6NO3/c1-5-2-3-7(17(19)20)6(4-5)8(18,9(11,12)13)10(14,15)16/h2-4,18H,1H3. The van der Waals surface area contributed by atoms with Crippen LogP contribution in [0.2, 0.25) is 0 Å². The lowest BCUT2D eigenvalue weighted by Gasteiger charge is -2.32. The molecule has 0 aromatic heterocycles. The summed E-state index contributed by atoms with van der Waals surface area (Å²) in [5, 5.41) is 19.7. The Bertz CT molecular complexity index is 523. The van der Waals surface area contributed by atoms with Gasteiger partial charge in [0.2, 0.25) is 0 Å². The van der Waals surface area contributed by atoms with Gasteiger partial charge in [0.05, 0.1) is 10.5 Å². The van der Waals surface area contributed by atoms with Crippen LogP contribution >= 0.6 is 0 Å². The maximum absolute atomic E-state index is 12.7. The highest BCUT2D eigenvalue weighted by Gasteiger charge is 2.73. The van der Waals surface area contributed by atoms with E-state index < -0.39 is 34.1 Å². The van der Waals surface area contributed by atoms with Crippen molar-refractivity contribution in [3.05, 3.63) is 39.4 Å². The molecular weight excluding hydrogens is 296 g/mol. The number of rotatable bonds is 2. The van der Waals surface area contributed by atoms with Crippen molar-refractivity contribution in [1.29, 1.82) is 0 Å². The second kappa shape index (κ2) is 4.62. The van der Waals surface area contributed by atoms with Gasteiger partial charge in [-0.15, -0.1) is 0 Å². The molecule has 1 aromatic rings. The minimum absolute atomic E-state index is 0.0995. The molecule has 10 heteroatoms. The lowest BCUT2D eigenvalue weighted by atomic mass is 9.89. The van der Waals surface area contributed by atoms with Gasteiger partial charge in [0, 0.05) is 6.07 Å². The number of alkyl halides is 6. The van der Waals surface area contributed by atoms with Crippen LogP contribution in [0.15, 0.2) is 18.2 Å². The third kappa shape index (κ3) is 2.42. The quantitative estimate of drug-likeness (QED) is 0.518. The van der Waals surface area contributed by atoms with Gasteiger partial charge in [-0.1, -0.05) is 11.6 Å². The summed E-state index contributed by atoms with van der Waals surface area (Å²) >= 11 is 0. The van der Waals surface area contributed by atoms with E-state index in [0.717, 1.165) is 13.0 Å². The van der Waals surface area contributed by atoms with Gasteiger partial charge >= 0.3 is 12.4 Å². The number of aryl methyl sites for hydroxylation is 1. The Morgan fingerprint density at radius 1 is 1.10 bits per heavy atom. The van der Waals surface area contributed by atoms with Crippen molar-refractivity contribution in [1.82, 2.24) is 0 Å². The highest BCUT2D eigenvalue weighted by atomic mass is 19.4. The molecular formula is C10H7F6NO3. The van der Waals surface area contributed by atoms with E-state index in [1.807, 2.05) is 0 Å². The summed E-state index contributed by atoms with van der Waals surface area (Å²) in [4.78, 5) is 9.17. The first-order chi connectivity index (χ1) is 8.82. The molecule has 0 unspecified atom stereocenters. The Hall–Kier alpha value is -1.84. The van der Waals surface area contributed by atoms with E-state index in [2.05, 4.69) is 0 Å². The molecule has 1 N–H and O–H groups in total. The van der Waals surface area contributed by atoms with E-state index in [1.54, 1.807) is 0 Å². The molecule has 0 aliphatic carbocycles. The molecule has 0 spiro atoms. The fraction of sp³-hybridized carbons (Fsp3) is 0.400. The second-order valence-corrected chi connectivity index (χ2v) is 3.98. The fourth-order valence-corrected chi connectivity index (χ4v) is 1.56. The smallest absolute Gasteiger partial charge is 0.369 e. The van der Waals surface area contributed by atoms with E-state index in [4.69, 9.17) is 5.11 Å². The normalized spacial score (nSPS) is 13.4. The number of nitro benzene ring substituents is 1. The zero-order valence-electron chi connectivity index (χ0n) is 9.71. The highest BCUT2D eigenvalue weighted by molar-refractivity contribution is 5.47. The first-order valence-electron chi connectivity index (χ1n) is 4.93. The first-order valence-corrected chi connectivity index (χ1v) is 4.93. The van der Waals surface area contributed by atoms with Crippen LogP contribution in [0.4, 0.5) is 32.0 Å². The molecule has 0 bridgehead atoms. The van der Waals surface area contributed by atoms with Crippen molar-refractivity contribution in [2.75, 3.05) is 0 Å². The van der Waals surface area contributed by atoms with Crippen LogP contribution in [0.25, 0.3) is 0 Å². The van der Waals surface area contributed by atoms with Gasteiger partial charge in [0.15, 0.2) is 0 Å². The van der Waals surface area contributed by atoms with Gasteiger partial charge in [-0.25, -0.2) is 0 Å². The molecule has 0 saturated heterocycles. The molecule has 1 aromatic carbocycles. The number of nitro groups is 1. The molecule has 0 saturated carbocycles. The number of benzene rings is 1. The van der Waals surface area contributed by atoms with Crippen LogP contribution in [0.3, 0.4) is 0 Å². The van der Waals surface area contributed by atoms with Gasteiger partial charge in [-0.3, -0.25) is 10.1 Å². The number of nitrogens with zero attached hydrogens (tertiary/aromatic N) is 1. The topological polar surface area (TPSA) is 63.4 Å². The third-order valence-corrected chi connectivity index (χ3v) is 2.56. The molecule has 0 fully saturated rings. The summed E-state index contributed by atoms with van der Waals surface area (Å²) in [7, 11) is 0. The first kappa shape index (κ1) is 16.2. The van der Waals surface area contributed by atoms with Crippen LogP contribution in [0.1, 0.15) is 11.1 Å². The summed E-state index contributed by atoms with van der Waals surface area (Å²) in [5.41, 5.74) is -8.73. The summed E-state index contributed by atoms with van der Waals surface area (Å²) in [6, 6.07) is 1.74. The lowest BCUT2D eigenvalue weighted by Crippen LogP contribution is -2.54. The number of aliphatic hydroxyl groups is 1. The third-order valence-electron chi connectivity index (χ3n) is 2.56. The van der Waals surface area contributed by atoms with Crippen molar-refractivity contribution in [3.8, 4) is 0 Å². The molecule has 0 atom stereocenters. The molecule has 0 heterocycles. The number of hydrogen-bond acceptors (Lipinski definition) is 3. The largest absolute Gasteiger partial charge is 0.430 e. The Morgan fingerprint density at radius 2 is 1.55 bits per heavy atom. The minimum Gasteiger partial charge on any atom is -0.369 e. The maximum Gasteiger partial charge on any atom is 0.430 e. The Labute approximate surface area is 107 Å². The zero-order chi connectivity index (χ0) is 15.9. The van der Waals surface area contributed by atoms with Crippen molar-refractivity contribution >= 4 is 5.69 Å². The van der Waals surface area contributed by atoms with E-state index in [9.17, 15) is 36.5 Å². The van der Waals surface area contributed by atoms with Gasteiger partial charge in [-0.05, 0) is 13.0 Å².